The summed E-state index contributed by atoms with van der Waals surface area (Å²) < 4.78 is 14.8. The standard InChI is InChI=1S/C22H20Cl2FN5O2/c1-12-18(21(32)27-14-9-7-13(25)8-10-14)20(15-4-2-5-16(23)19(15)24)30-22(26-12)28-17(29-30)6-3-11-31/h2,4-5,7-10,18,20,31H,3,6,11H2,1H3,(H,27,32). The SMILES string of the molecule is CC1=Nc2nc(CCCO)nn2C(c2cccc(Cl)c2Cl)C1C(=O)Nc1ccc(F)cc1. The number of nitrogens with one attached hydrogen (secondary N) is 1. The van der Waals surface area contributed by atoms with Crippen molar-refractivity contribution in [2.75, 3.05) is 11.9 Å². The number of aryl methyl sites for hydroxylation is 1. The molecule has 1 aliphatic heterocycles. The van der Waals surface area contributed by atoms with Gasteiger partial charge in [-0.2, -0.15) is 10.1 Å². The molecule has 0 saturated carbocycles. The number of fused-ring (bicyclic) bond motifs is 1. The Hall–Kier alpha value is -2.81. The molecule has 1 aliphatic rings. The van der Waals surface area contributed by atoms with Gasteiger partial charge in [0.05, 0.1) is 16.1 Å². The zero-order valence-electron chi connectivity index (χ0n) is 17.1. The van der Waals surface area contributed by atoms with Crippen molar-refractivity contribution in [1.82, 2.24) is 14.8 Å². The normalized spacial score (nSPS) is 17.6. The van der Waals surface area contributed by atoms with Gasteiger partial charge < -0.3 is 10.4 Å². The van der Waals surface area contributed by atoms with Crippen LogP contribution >= 0.6 is 23.2 Å². The van der Waals surface area contributed by atoms with Crippen molar-refractivity contribution in [1.29, 1.82) is 0 Å². The predicted octanol–water partition coefficient (Wildman–Crippen LogP) is 4.60. The molecular weight excluding hydrogens is 456 g/mol. The molecule has 2 N–H and O–H groups in total. The zero-order valence-corrected chi connectivity index (χ0v) is 18.6. The molecule has 7 nitrogen and oxygen atoms in total. The van der Waals surface area contributed by atoms with E-state index in [4.69, 9.17) is 28.3 Å². The molecule has 0 saturated heterocycles. The van der Waals surface area contributed by atoms with Crippen LogP contribution in [-0.2, 0) is 11.2 Å². The number of aliphatic hydroxyl groups excluding tert-OH is 1. The minimum Gasteiger partial charge on any atom is -0.396 e. The average Bonchev–Trinajstić information content (AvgIpc) is 3.17. The Bertz CT molecular complexity index is 1180. The van der Waals surface area contributed by atoms with Crippen molar-refractivity contribution in [3.63, 3.8) is 0 Å². The maximum Gasteiger partial charge on any atom is 0.248 e. The van der Waals surface area contributed by atoms with Crippen molar-refractivity contribution in [3.05, 3.63) is 69.7 Å². The molecule has 0 spiro atoms. The first kappa shape index (κ1) is 22.4. The van der Waals surface area contributed by atoms with Crippen LogP contribution in [0.5, 0.6) is 0 Å². The second kappa shape index (κ2) is 9.36. The molecule has 1 amide bonds. The highest BCUT2D eigenvalue weighted by atomic mass is 35.5. The van der Waals surface area contributed by atoms with Crippen molar-refractivity contribution in [3.8, 4) is 0 Å². The van der Waals surface area contributed by atoms with Crippen LogP contribution in [-0.4, -0.2) is 38.1 Å². The fraction of sp³-hybridized carbons (Fsp3) is 0.273. The summed E-state index contributed by atoms with van der Waals surface area (Å²) in [6.45, 7) is 1.75. The van der Waals surface area contributed by atoms with Gasteiger partial charge in [-0.25, -0.2) is 14.1 Å². The van der Waals surface area contributed by atoms with Crippen molar-refractivity contribution in [2.45, 2.75) is 25.8 Å². The van der Waals surface area contributed by atoms with E-state index in [2.05, 4.69) is 20.4 Å². The maximum atomic E-state index is 13.4. The van der Waals surface area contributed by atoms with Crippen LogP contribution < -0.4 is 5.32 Å². The lowest BCUT2D eigenvalue weighted by Gasteiger charge is -2.31. The topological polar surface area (TPSA) is 92.4 Å². The predicted molar refractivity (Wildman–Crippen MR) is 121 cm³/mol. The van der Waals surface area contributed by atoms with Gasteiger partial charge in [0.2, 0.25) is 11.9 Å². The van der Waals surface area contributed by atoms with Gasteiger partial charge in [0.15, 0.2) is 5.82 Å². The second-order valence-corrected chi connectivity index (χ2v) is 8.20. The third-order valence-electron chi connectivity index (χ3n) is 5.22. The van der Waals surface area contributed by atoms with Gasteiger partial charge in [-0.05, 0) is 49.2 Å². The molecule has 0 fully saturated rings. The number of carbonyl (C=O) groups is 1. The number of amides is 1. The molecule has 10 heteroatoms. The van der Waals surface area contributed by atoms with E-state index in [1.54, 1.807) is 29.8 Å². The Morgan fingerprint density at radius 3 is 2.69 bits per heavy atom. The summed E-state index contributed by atoms with van der Waals surface area (Å²) in [5.74, 6) is -0.659. The molecule has 166 valence electrons. The van der Waals surface area contributed by atoms with Gasteiger partial charge in [0, 0.05) is 24.4 Å². The highest BCUT2D eigenvalue weighted by Gasteiger charge is 2.40. The summed E-state index contributed by atoms with van der Waals surface area (Å²) in [4.78, 5) is 22.3. The first-order chi connectivity index (χ1) is 15.4. The smallest absolute Gasteiger partial charge is 0.248 e. The number of nitrogens with zero attached hydrogens (tertiary/aromatic N) is 4. The van der Waals surface area contributed by atoms with E-state index in [9.17, 15) is 9.18 Å². The third kappa shape index (κ3) is 4.39. The largest absolute Gasteiger partial charge is 0.396 e. The minimum absolute atomic E-state index is 0.0123. The van der Waals surface area contributed by atoms with Crippen LogP contribution in [0.4, 0.5) is 16.0 Å². The Labute approximate surface area is 193 Å². The number of anilines is 1. The highest BCUT2D eigenvalue weighted by molar-refractivity contribution is 6.42. The summed E-state index contributed by atoms with van der Waals surface area (Å²) >= 11 is 12.8. The number of hydrogen-bond acceptors (Lipinski definition) is 5. The van der Waals surface area contributed by atoms with Crippen LogP contribution in [0.1, 0.15) is 30.8 Å². The number of carbonyl (C=O) groups excluding carboxylic acids is 1. The van der Waals surface area contributed by atoms with Crippen molar-refractivity contribution >= 4 is 46.5 Å². The summed E-state index contributed by atoms with van der Waals surface area (Å²) in [7, 11) is 0. The summed E-state index contributed by atoms with van der Waals surface area (Å²) in [5.41, 5.74) is 1.58. The minimum atomic E-state index is -0.768. The number of aliphatic imine (C=N–C) groups is 1. The van der Waals surface area contributed by atoms with Gasteiger partial charge in [0.1, 0.15) is 11.7 Å². The van der Waals surface area contributed by atoms with Gasteiger partial charge in [-0.3, -0.25) is 4.79 Å². The van der Waals surface area contributed by atoms with Crippen LogP contribution in [0.15, 0.2) is 47.5 Å². The molecule has 3 aromatic rings. The molecule has 32 heavy (non-hydrogen) atoms. The molecule has 0 bridgehead atoms. The average molecular weight is 476 g/mol. The van der Waals surface area contributed by atoms with Crippen molar-refractivity contribution < 1.29 is 14.3 Å². The maximum absolute atomic E-state index is 13.4. The molecular formula is C22H20Cl2FN5O2. The van der Waals surface area contributed by atoms with E-state index < -0.39 is 17.8 Å². The molecule has 1 aromatic heterocycles. The summed E-state index contributed by atoms with van der Waals surface area (Å²) in [6, 6.07) is 10.1. The summed E-state index contributed by atoms with van der Waals surface area (Å²) in [5, 5.41) is 17.2. The van der Waals surface area contributed by atoms with Gasteiger partial charge >= 0.3 is 0 Å². The van der Waals surface area contributed by atoms with Crippen LogP contribution in [0.3, 0.4) is 0 Å². The number of benzene rings is 2. The van der Waals surface area contributed by atoms with Crippen LogP contribution in [0.25, 0.3) is 0 Å². The quantitative estimate of drug-likeness (QED) is 0.544. The van der Waals surface area contributed by atoms with E-state index in [-0.39, 0.29) is 12.5 Å². The molecule has 0 aliphatic carbocycles. The van der Waals surface area contributed by atoms with Gasteiger partial charge in [-0.1, -0.05) is 35.3 Å². The monoisotopic (exact) mass is 475 g/mol. The molecule has 2 atom stereocenters. The number of aromatic nitrogens is 3. The molecule has 2 unspecified atom stereocenters. The Balaban J connectivity index is 1.78. The van der Waals surface area contributed by atoms with E-state index in [1.165, 1.54) is 24.3 Å². The summed E-state index contributed by atoms with van der Waals surface area (Å²) in [6.07, 6.45) is 0.969. The van der Waals surface area contributed by atoms with Crippen LogP contribution in [0, 0.1) is 11.7 Å². The van der Waals surface area contributed by atoms with Gasteiger partial charge in [-0.15, -0.1) is 0 Å². The van der Waals surface area contributed by atoms with E-state index >= 15 is 0 Å². The Morgan fingerprint density at radius 1 is 1.22 bits per heavy atom. The van der Waals surface area contributed by atoms with E-state index in [0.29, 0.717) is 51.6 Å². The number of aliphatic hydroxyl groups is 1. The number of halogens is 3. The molecule has 2 heterocycles. The second-order valence-electron chi connectivity index (χ2n) is 7.41. The molecule has 4 rings (SSSR count). The zero-order chi connectivity index (χ0) is 22.8. The highest BCUT2D eigenvalue weighted by Crippen LogP contribution is 2.41. The Kier molecular flexibility index (Phi) is 6.55. The van der Waals surface area contributed by atoms with E-state index in [1.807, 2.05) is 0 Å². The molecule has 0 radical (unpaired) electrons. The number of hydrogen-bond donors (Lipinski definition) is 2. The lowest BCUT2D eigenvalue weighted by atomic mass is 9.87. The lowest BCUT2D eigenvalue weighted by Crippen LogP contribution is -2.39. The van der Waals surface area contributed by atoms with Crippen molar-refractivity contribution in [2.24, 2.45) is 10.9 Å². The Morgan fingerprint density at radius 2 is 1.97 bits per heavy atom. The van der Waals surface area contributed by atoms with Crippen LogP contribution in [0.2, 0.25) is 10.0 Å². The number of rotatable bonds is 6. The molecule has 2 aromatic carbocycles. The first-order valence-corrected chi connectivity index (χ1v) is 10.8. The fourth-order valence-corrected chi connectivity index (χ4v) is 4.13. The fourth-order valence-electron chi connectivity index (χ4n) is 3.71. The lowest BCUT2D eigenvalue weighted by molar-refractivity contribution is -0.118. The third-order valence-corrected chi connectivity index (χ3v) is 6.05. The van der Waals surface area contributed by atoms with E-state index in [0.717, 1.165) is 0 Å². The first-order valence-electron chi connectivity index (χ1n) is 10.0. The van der Waals surface area contributed by atoms with Gasteiger partial charge in [0.25, 0.3) is 0 Å².